The van der Waals surface area contributed by atoms with E-state index in [1.165, 1.54) is 6.92 Å². The highest BCUT2D eigenvalue weighted by atomic mass is 32.2. The van der Waals surface area contributed by atoms with Crippen LogP contribution in [0.15, 0.2) is 0 Å². The van der Waals surface area contributed by atoms with Crippen molar-refractivity contribution < 1.29 is 8.42 Å². The molecule has 0 aliphatic heterocycles. The highest BCUT2D eigenvalue weighted by molar-refractivity contribution is 7.90. The molecule has 0 rings (SSSR count). The molecule has 5 nitrogen and oxygen atoms in total. The van der Waals surface area contributed by atoms with E-state index in [2.05, 4.69) is 10.0 Å². The first-order valence-electron chi connectivity index (χ1n) is 4.63. The highest BCUT2D eigenvalue weighted by Gasteiger charge is 2.18. The number of hydrogen-bond acceptors (Lipinski definition) is 4. The van der Waals surface area contributed by atoms with Crippen LogP contribution in [0.1, 0.15) is 20.3 Å². The monoisotopic (exact) mass is 219 g/mol. The molecule has 0 bridgehead atoms. The predicted octanol–water partition coefficient (Wildman–Crippen LogP) is -0.183. The summed E-state index contributed by atoms with van der Waals surface area (Å²) in [5, 5.41) is 10.5. The maximum atomic E-state index is 11.2. The van der Waals surface area contributed by atoms with Crippen LogP contribution in [-0.2, 0) is 10.0 Å². The van der Waals surface area contributed by atoms with E-state index in [0.29, 0.717) is 6.54 Å². The molecule has 0 radical (unpaired) electrons. The Morgan fingerprint density at radius 2 is 2.07 bits per heavy atom. The van der Waals surface area contributed by atoms with Crippen LogP contribution in [0.2, 0.25) is 0 Å². The molecular formula is C8H17N3O2S. The van der Waals surface area contributed by atoms with Gasteiger partial charge in [-0.05, 0) is 26.4 Å². The quantitative estimate of drug-likeness (QED) is 0.582. The van der Waals surface area contributed by atoms with Crippen LogP contribution in [0, 0.1) is 11.3 Å². The largest absolute Gasteiger partial charge is 0.317 e. The van der Waals surface area contributed by atoms with Gasteiger partial charge in [-0.2, -0.15) is 5.26 Å². The first kappa shape index (κ1) is 13.4. The molecule has 0 aliphatic rings. The summed E-state index contributed by atoms with van der Waals surface area (Å²) in [6.45, 7) is 5.39. The average Bonchev–Trinajstić information content (AvgIpc) is 2.16. The van der Waals surface area contributed by atoms with Crippen LogP contribution in [-0.4, -0.2) is 33.3 Å². The summed E-state index contributed by atoms with van der Waals surface area (Å²) >= 11 is 0. The Balaban J connectivity index is 3.74. The van der Waals surface area contributed by atoms with Crippen molar-refractivity contribution in [3.05, 3.63) is 0 Å². The second-order valence-electron chi connectivity index (χ2n) is 2.92. The number of rotatable bonds is 7. The Kier molecular flexibility index (Phi) is 6.45. The van der Waals surface area contributed by atoms with Crippen molar-refractivity contribution in [2.75, 3.05) is 19.6 Å². The molecule has 1 atom stereocenters. The van der Waals surface area contributed by atoms with Gasteiger partial charge in [-0.25, -0.2) is 13.1 Å². The van der Waals surface area contributed by atoms with Gasteiger partial charge < -0.3 is 5.32 Å². The summed E-state index contributed by atoms with van der Waals surface area (Å²) in [7, 11) is -3.44. The van der Waals surface area contributed by atoms with Gasteiger partial charge in [0.1, 0.15) is 0 Å². The average molecular weight is 219 g/mol. The van der Waals surface area contributed by atoms with Gasteiger partial charge in [0, 0.05) is 6.54 Å². The standard InChI is InChI=1S/C8H17N3O2S/c1-3-10-5-4-6-11-14(12,13)8(2)7-9/h8,10-11H,3-6H2,1-2H3. The summed E-state index contributed by atoms with van der Waals surface area (Å²) in [4.78, 5) is 0. The van der Waals surface area contributed by atoms with E-state index >= 15 is 0 Å². The van der Waals surface area contributed by atoms with Crippen LogP contribution in [0.25, 0.3) is 0 Å². The third-order valence-corrected chi connectivity index (χ3v) is 3.37. The Morgan fingerprint density at radius 1 is 1.43 bits per heavy atom. The molecule has 0 aromatic heterocycles. The van der Waals surface area contributed by atoms with Crippen LogP contribution < -0.4 is 10.0 Å². The molecule has 0 spiro atoms. The highest BCUT2D eigenvalue weighted by Crippen LogP contribution is 1.95. The zero-order valence-electron chi connectivity index (χ0n) is 8.58. The molecule has 0 saturated carbocycles. The summed E-state index contributed by atoms with van der Waals surface area (Å²) in [5.41, 5.74) is 0. The Labute approximate surface area is 85.5 Å². The second kappa shape index (κ2) is 6.76. The molecule has 0 aromatic rings. The lowest BCUT2D eigenvalue weighted by molar-refractivity contribution is 0.571. The van der Waals surface area contributed by atoms with Crippen molar-refractivity contribution >= 4 is 10.0 Å². The molecule has 0 aromatic carbocycles. The fourth-order valence-electron chi connectivity index (χ4n) is 0.799. The Morgan fingerprint density at radius 3 is 2.57 bits per heavy atom. The van der Waals surface area contributed by atoms with Gasteiger partial charge in [-0.15, -0.1) is 0 Å². The third-order valence-electron chi connectivity index (χ3n) is 1.73. The van der Waals surface area contributed by atoms with E-state index in [-0.39, 0.29) is 0 Å². The van der Waals surface area contributed by atoms with Gasteiger partial charge in [0.15, 0.2) is 5.25 Å². The third kappa shape index (κ3) is 5.17. The number of nitrogens with one attached hydrogen (secondary N) is 2. The Hall–Kier alpha value is -0.640. The summed E-state index contributed by atoms with van der Waals surface area (Å²) in [6.07, 6.45) is 0.727. The van der Waals surface area contributed by atoms with E-state index in [0.717, 1.165) is 19.5 Å². The molecule has 0 amide bonds. The summed E-state index contributed by atoms with van der Waals surface area (Å²) < 4.78 is 24.9. The first-order valence-corrected chi connectivity index (χ1v) is 6.18. The summed E-state index contributed by atoms with van der Waals surface area (Å²) in [6, 6.07) is 1.69. The maximum absolute atomic E-state index is 11.2. The lowest BCUT2D eigenvalue weighted by Crippen LogP contribution is -2.33. The summed E-state index contributed by atoms with van der Waals surface area (Å²) in [5.74, 6) is 0. The van der Waals surface area contributed by atoms with Crippen molar-refractivity contribution in [3.8, 4) is 6.07 Å². The molecule has 2 N–H and O–H groups in total. The minimum absolute atomic E-state index is 0.376. The molecule has 6 heteroatoms. The molecule has 1 unspecified atom stereocenters. The fourth-order valence-corrected chi connectivity index (χ4v) is 1.62. The van der Waals surface area contributed by atoms with Crippen LogP contribution in [0.5, 0.6) is 0 Å². The van der Waals surface area contributed by atoms with Crippen molar-refractivity contribution in [3.63, 3.8) is 0 Å². The first-order chi connectivity index (χ1) is 6.54. The number of hydrogen-bond donors (Lipinski definition) is 2. The fraction of sp³-hybridized carbons (Fsp3) is 0.875. The zero-order chi connectivity index (χ0) is 11.0. The van der Waals surface area contributed by atoms with Gasteiger partial charge >= 0.3 is 0 Å². The SMILES string of the molecule is CCNCCCNS(=O)(=O)C(C)C#N. The van der Waals surface area contributed by atoms with E-state index in [1.807, 2.05) is 6.92 Å². The van der Waals surface area contributed by atoms with E-state index < -0.39 is 15.3 Å². The minimum Gasteiger partial charge on any atom is -0.317 e. The van der Waals surface area contributed by atoms with Gasteiger partial charge in [-0.1, -0.05) is 6.92 Å². The number of sulfonamides is 1. The molecule has 0 heterocycles. The van der Waals surface area contributed by atoms with Crippen molar-refractivity contribution in [1.82, 2.24) is 10.0 Å². The lowest BCUT2D eigenvalue weighted by atomic mass is 10.4. The number of nitriles is 1. The van der Waals surface area contributed by atoms with Gasteiger partial charge in [-0.3, -0.25) is 0 Å². The zero-order valence-corrected chi connectivity index (χ0v) is 9.39. The van der Waals surface area contributed by atoms with Crippen LogP contribution in [0.3, 0.4) is 0 Å². The lowest BCUT2D eigenvalue weighted by Gasteiger charge is -2.07. The second-order valence-corrected chi connectivity index (χ2v) is 5.00. The topological polar surface area (TPSA) is 82.0 Å². The van der Waals surface area contributed by atoms with Gasteiger partial charge in [0.25, 0.3) is 0 Å². The Bertz CT molecular complexity index is 281. The van der Waals surface area contributed by atoms with Crippen LogP contribution >= 0.6 is 0 Å². The van der Waals surface area contributed by atoms with E-state index in [1.54, 1.807) is 6.07 Å². The van der Waals surface area contributed by atoms with E-state index in [4.69, 9.17) is 5.26 Å². The van der Waals surface area contributed by atoms with Gasteiger partial charge in [0.05, 0.1) is 6.07 Å². The molecule has 14 heavy (non-hydrogen) atoms. The minimum atomic E-state index is -3.44. The molecular weight excluding hydrogens is 202 g/mol. The molecule has 0 saturated heterocycles. The van der Waals surface area contributed by atoms with Crippen LogP contribution in [0.4, 0.5) is 0 Å². The smallest absolute Gasteiger partial charge is 0.227 e. The molecule has 0 aliphatic carbocycles. The predicted molar refractivity (Wildman–Crippen MR) is 55.2 cm³/mol. The van der Waals surface area contributed by atoms with Crippen molar-refractivity contribution in [1.29, 1.82) is 5.26 Å². The maximum Gasteiger partial charge on any atom is 0.227 e. The molecule has 0 fully saturated rings. The van der Waals surface area contributed by atoms with Crippen molar-refractivity contribution in [2.45, 2.75) is 25.5 Å². The van der Waals surface area contributed by atoms with E-state index in [9.17, 15) is 8.42 Å². The molecule has 82 valence electrons. The van der Waals surface area contributed by atoms with Crippen molar-refractivity contribution in [2.24, 2.45) is 0 Å². The van der Waals surface area contributed by atoms with Gasteiger partial charge in [0.2, 0.25) is 10.0 Å². The number of nitrogens with zero attached hydrogens (tertiary/aromatic N) is 1. The normalized spacial score (nSPS) is 13.5.